The monoisotopic (exact) mass is 291 g/mol. The smallest absolute Gasteiger partial charge is 0.244 e. The largest absolute Gasteiger partial charge is 0.381 e. The number of benzene rings is 1. The Kier molecular flexibility index (Phi) is 5.87. The maximum atomic E-state index is 12.1. The molecule has 0 aromatic heterocycles. The second-order valence-electron chi connectivity index (χ2n) is 5.54. The summed E-state index contributed by atoms with van der Waals surface area (Å²) >= 11 is 0. The molecule has 3 N–H and O–H groups in total. The Morgan fingerprint density at radius 2 is 2.10 bits per heavy atom. The van der Waals surface area contributed by atoms with Crippen LogP contribution in [0.5, 0.6) is 0 Å². The van der Waals surface area contributed by atoms with Gasteiger partial charge in [0, 0.05) is 19.7 Å². The van der Waals surface area contributed by atoms with Crippen LogP contribution in [0.2, 0.25) is 0 Å². The molecule has 0 saturated carbocycles. The molecule has 1 atom stereocenters. The van der Waals surface area contributed by atoms with E-state index in [4.69, 9.17) is 4.74 Å². The minimum atomic E-state index is -0.216. The third kappa shape index (κ3) is 4.93. The van der Waals surface area contributed by atoms with Crippen LogP contribution in [0.25, 0.3) is 0 Å². The number of rotatable bonds is 7. The van der Waals surface area contributed by atoms with Gasteiger partial charge >= 0.3 is 0 Å². The zero-order valence-corrected chi connectivity index (χ0v) is 12.8. The highest BCUT2D eigenvalue weighted by atomic mass is 16.5. The molecular weight excluding hydrogens is 266 g/mol. The van der Waals surface area contributed by atoms with E-state index in [9.17, 15) is 4.79 Å². The molecule has 0 bridgehead atoms. The van der Waals surface area contributed by atoms with Crippen LogP contribution in [-0.4, -0.2) is 37.7 Å². The number of carbonyl (C=O) groups is 1. The van der Waals surface area contributed by atoms with Gasteiger partial charge in [-0.2, -0.15) is 0 Å². The van der Waals surface area contributed by atoms with E-state index in [2.05, 4.69) is 16.0 Å². The highest BCUT2D eigenvalue weighted by Crippen LogP contribution is 2.25. The number of amides is 1. The number of para-hydroxylation sites is 2. The quantitative estimate of drug-likeness (QED) is 0.674. The van der Waals surface area contributed by atoms with Crippen molar-refractivity contribution >= 4 is 17.3 Å². The molecule has 2 rings (SSSR count). The topological polar surface area (TPSA) is 62.4 Å². The summed E-state index contributed by atoms with van der Waals surface area (Å²) in [5.41, 5.74) is 2.03. The Balaban J connectivity index is 1.66. The third-order valence-corrected chi connectivity index (χ3v) is 3.39. The van der Waals surface area contributed by atoms with E-state index in [1.54, 1.807) is 0 Å². The number of ether oxygens (including phenoxy) is 1. The minimum Gasteiger partial charge on any atom is -0.381 e. The Labute approximate surface area is 126 Å². The van der Waals surface area contributed by atoms with Gasteiger partial charge in [-0.1, -0.05) is 12.1 Å². The molecule has 116 valence electrons. The summed E-state index contributed by atoms with van der Waals surface area (Å²) in [5.74, 6) is 0.0433. The molecular formula is C16H25N3O2. The van der Waals surface area contributed by atoms with Crippen molar-refractivity contribution in [2.75, 3.05) is 30.3 Å². The number of unbranched alkanes of at least 4 members (excludes halogenated alkanes) is 1. The van der Waals surface area contributed by atoms with E-state index in [-0.39, 0.29) is 18.1 Å². The summed E-state index contributed by atoms with van der Waals surface area (Å²) in [5, 5.41) is 9.51. The van der Waals surface area contributed by atoms with Crippen LogP contribution in [0, 0.1) is 0 Å². The molecule has 1 aromatic carbocycles. The molecule has 5 heteroatoms. The van der Waals surface area contributed by atoms with Gasteiger partial charge in [0.05, 0.1) is 17.5 Å². The number of fused-ring (bicyclic) bond motifs is 1. The number of hydrogen-bond donors (Lipinski definition) is 3. The first-order valence-electron chi connectivity index (χ1n) is 7.65. The van der Waals surface area contributed by atoms with Gasteiger partial charge in [0.2, 0.25) is 5.91 Å². The molecule has 0 saturated heterocycles. The van der Waals surface area contributed by atoms with Gasteiger partial charge in [-0.3, -0.25) is 4.79 Å². The Morgan fingerprint density at radius 1 is 1.33 bits per heavy atom. The SMILES string of the molecule is CC(C)OCCCCNC(=O)C1CNc2ccccc2N1. The molecule has 5 nitrogen and oxygen atoms in total. The lowest BCUT2D eigenvalue weighted by Gasteiger charge is -2.27. The van der Waals surface area contributed by atoms with Crippen molar-refractivity contribution in [3.05, 3.63) is 24.3 Å². The zero-order valence-electron chi connectivity index (χ0n) is 12.8. The lowest BCUT2D eigenvalue weighted by atomic mass is 10.1. The normalized spacial score (nSPS) is 16.8. The van der Waals surface area contributed by atoms with Crippen LogP contribution < -0.4 is 16.0 Å². The van der Waals surface area contributed by atoms with Gasteiger partial charge in [0.25, 0.3) is 0 Å². The number of anilines is 2. The Bertz CT molecular complexity index is 463. The molecule has 1 unspecified atom stereocenters. The molecule has 1 aliphatic rings. The summed E-state index contributed by atoms with van der Waals surface area (Å²) in [6.07, 6.45) is 2.18. The number of hydrogen-bond acceptors (Lipinski definition) is 4. The molecule has 1 heterocycles. The first-order chi connectivity index (χ1) is 10.2. The van der Waals surface area contributed by atoms with Crippen molar-refractivity contribution in [1.29, 1.82) is 0 Å². The standard InChI is InChI=1S/C16H25N3O2/c1-12(2)21-10-6-5-9-17-16(20)15-11-18-13-7-3-4-8-14(13)19-15/h3-4,7-8,12,15,18-19H,5-6,9-11H2,1-2H3,(H,17,20). The predicted octanol–water partition coefficient (Wildman–Crippen LogP) is 2.21. The molecule has 21 heavy (non-hydrogen) atoms. The average Bonchev–Trinajstić information content (AvgIpc) is 2.49. The third-order valence-electron chi connectivity index (χ3n) is 3.39. The van der Waals surface area contributed by atoms with Gasteiger partial charge in [-0.25, -0.2) is 0 Å². The number of nitrogens with one attached hydrogen (secondary N) is 3. The van der Waals surface area contributed by atoms with Crippen LogP contribution in [0.3, 0.4) is 0 Å². The van der Waals surface area contributed by atoms with Crippen LogP contribution in [0.1, 0.15) is 26.7 Å². The molecule has 0 fully saturated rings. The van der Waals surface area contributed by atoms with Crippen LogP contribution >= 0.6 is 0 Å². The fraction of sp³-hybridized carbons (Fsp3) is 0.562. The first-order valence-corrected chi connectivity index (χ1v) is 7.65. The molecule has 0 aliphatic carbocycles. The maximum absolute atomic E-state index is 12.1. The van der Waals surface area contributed by atoms with Gasteiger partial charge < -0.3 is 20.7 Å². The lowest BCUT2D eigenvalue weighted by molar-refractivity contribution is -0.121. The van der Waals surface area contributed by atoms with E-state index < -0.39 is 0 Å². The Morgan fingerprint density at radius 3 is 2.86 bits per heavy atom. The maximum Gasteiger partial charge on any atom is 0.244 e. The van der Waals surface area contributed by atoms with E-state index in [0.29, 0.717) is 13.1 Å². The highest BCUT2D eigenvalue weighted by Gasteiger charge is 2.22. The average molecular weight is 291 g/mol. The van der Waals surface area contributed by atoms with Gasteiger partial charge in [-0.05, 0) is 38.8 Å². The predicted molar refractivity (Wildman–Crippen MR) is 85.7 cm³/mol. The van der Waals surface area contributed by atoms with Crippen LogP contribution in [-0.2, 0) is 9.53 Å². The summed E-state index contributed by atoms with van der Waals surface area (Å²) in [4.78, 5) is 12.1. The van der Waals surface area contributed by atoms with E-state index in [1.165, 1.54) is 0 Å². The second kappa shape index (κ2) is 7.88. The van der Waals surface area contributed by atoms with E-state index in [0.717, 1.165) is 30.8 Å². The van der Waals surface area contributed by atoms with Gasteiger partial charge in [-0.15, -0.1) is 0 Å². The molecule has 1 aromatic rings. The summed E-state index contributed by atoms with van der Waals surface area (Å²) < 4.78 is 5.47. The van der Waals surface area contributed by atoms with Crippen molar-refractivity contribution in [3.8, 4) is 0 Å². The van der Waals surface area contributed by atoms with Crippen molar-refractivity contribution < 1.29 is 9.53 Å². The van der Waals surface area contributed by atoms with E-state index >= 15 is 0 Å². The first kappa shape index (κ1) is 15.6. The molecule has 1 amide bonds. The minimum absolute atomic E-state index is 0.0433. The Hall–Kier alpha value is -1.75. The van der Waals surface area contributed by atoms with E-state index in [1.807, 2.05) is 38.1 Å². The fourth-order valence-electron chi connectivity index (χ4n) is 2.25. The molecule has 0 radical (unpaired) electrons. The molecule has 0 spiro atoms. The zero-order chi connectivity index (χ0) is 15.1. The number of carbonyl (C=O) groups excluding carboxylic acids is 1. The van der Waals surface area contributed by atoms with Gasteiger partial charge in [0.15, 0.2) is 0 Å². The molecule has 1 aliphatic heterocycles. The van der Waals surface area contributed by atoms with Crippen LogP contribution in [0.4, 0.5) is 11.4 Å². The second-order valence-corrected chi connectivity index (χ2v) is 5.54. The van der Waals surface area contributed by atoms with Gasteiger partial charge in [0.1, 0.15) is 6.04 Å². The fourth-order valence-corrected chi connectivity index (χ4v) is 2.25. The van der Waals surface area contributed by atoms with Crippen molar-refractivity contribution in [1.82, 2.24) is 5.32 Å². The van der Waals surface area contributed by atoms with Crippen molar-refractivity contribution in [3.63, 3.8) is 0 Å². The summed E-state index contributed by atoms with van der Waals surface area (Å²) in [6, 6.07) is 7.71. The highest BCUT2D eigenvalue weighted by molar-refractivity contribution is 5.88. The summed E-state index contributed by atoms with van der Waals surface area (Å²) in [7, 11) is 0. The summed E-state index contributed by atoms with van der Waals surface area (Å²) in [6.45, 7) is 6.12. The lowest BCUT2D eigenvalue weighted by Crippen LogP contribution is -2.46. The van der Waals surface area contributed by atoms with Crippen LogP contribution in [0.15, 0.2) is 24.3 Å². The van der Waals surface area contributed by atoms with Crippen molar-refractivity contribution in [2.45, 2.75) is 38.8 Å². The van der Waals surface area contributed by atoms with Crippen molar-refractivity contribution in [2.24, 2.45) is 0 Å².